The Morgan fingerprint density at radius 3 is 2.76 bits per heavy atom. The highest BCUT2D eigenvalue weighted by Crippen LogP contribution is 2.27. The van der Waals surface area contributed by atoms with Crippen LogP contribution in [-0.4, -0.2) is 23.8 Å². The maximum Gasteiger partial charge on any atom is 0.288 e. The number of benzene rings is 2. The van der Waals surface area contributed by atoms with Crippen molar-refractivity contribution in [3.05, 3.63) is 74.4 Å². The molecule has 1 aliphatic heterocycles. The van der Waals surface area contributed by atoms with E-state index < -0.39 is 10.8 Å². The Morgan fingerprint density at radius 2 is 2.04 bits per heavy atom. The maximum absolute atomic E-state index is 12.2. The largest absolute Gasteiger partial charge is 0.496 e. The van der Waals surface area contributed by atoms with Gasteiger partial charge in [-0.15, -0.1) is 0 Å². The van der Waals surface area contributed by atoms with Crippen LogP contribution in [0.15, 0.2) is 53.2 Å². The monoisotopic (exact) mass is 357 g/mol. The van der Waals surface area contributed by atoms with E-state index in [9.17, 15) is 14.9 Å². The molecule has 1 heterocycles. The third-order valence-electron chi connectivity index (χ3n) is 3.54. The summed E-state index contributed by atoms with van der Waals surface area (Å²) in [5.74, 6) is 0.429. The summed E-state index contributed by atoms with van der Waals surface area (Å²) in [6.45, 7) is 0. The molecule has 25 heavy (non-hydrogen) atoms. The second kappa shape index (κ2) is 6.74. The van der Waals surface area contributed by atoms with Crippen LogP contribution in [-0.2, 0) is 4.79 Å². The Bertz CT molecular complexity index is 937. The van der Waals surface area contributed by atoms with Crippen molar-refractivity contribution in [3.63, 3.8) is 0 Å². The predicted molar refractivity (Wildman–Crippen MR) is 93.8 cm³/mol. The summed E-state index contributed by atoms with van der Waals surface area (Å²) in [4.78, 5) is 26.8. The van der Waals surface area contributed by atoms with Gasteiger partial charge in [-0.25, -0.2) is 4.99 Å². The van der Waals surface area contributed by atoms with Gasteiger partial charge in [0.1, 0.15) is 22.3 Å². The number of carbonyl (C=O) groups is 1. The van der Waals surface area contributed by atoms with Crippen LogP contribution >= 0.6 is 11.6 Å². The Hall–Kier alpha value is -3.19. The molecule has 2 aromatic rings. The van der Waals surface area contributed by atoms with Gasteiger partial charge in [-0.2, -0.15) is 0 Å². The Kier molecular flexibility index (Phi) is 4.49. The number of para-hydroxylation sites is 1. The minimum atomic E-state index is -0.589. The van der Waals surface area contributed by atoms with Crippen molar-refractivity contribution in [2.45, 2.75) is 0 Å². The van der Waals surface area contributed by atoms with Crippen LogP contribution in [0.3, 0.4) is 0 Å². The zero-order valence-corrected chi connectivity index (χ0v) is 13.8. The minimum Gasteiger partial charge on any atom is -0.496 e. The van der Waals surface area contributed by atoms with Crippen molar-refractivity contribution < 1.29 is 14.5 Å². The fourth-order valence-electron chi connectivity index (χ4n) is 2.34. The van der Waals surface area contributed by atoms with E-state index >= 15 is 0 Å². The van der Waals surface area contributed by atoms with E-state index in [1.54, 1.807) is 24.3 Å². The molecule has 0 aliphatic carbocycles. The first kappa shape index (κ1) is 16.7. The number of amidine groups is 1. The smallest absolute Gasteiger partial charge is 0.288 e. The van der Waals surface area contributed by atoms with Gasteiger partial charge < -0.3 is 10.1 Å². The quantitative estimate of drug-likeness (QED) is 0.516. The average molecular weight is 358 g/mol. The number of nitro groups is 1. The fourth-order valence-corrected chi connectivity index (χ4v) is 2.52. The Labute approximate surface area is 147 Å². The van der Waals surface area contributed by atoms with E-state index in [0.29, 0.717) is 16.9 Å². The third kappa shape index (κ3) is 3.36. The van der Waals surface area contributed by atoms with E-state index in [2.05, 4.69) is 10.3 Å². The van der Waals surface area contributed by atoms with Gasteiger partial charge in [-0.1, -0.05) is 29.8 Å². The molecule has 7 nitrogen and oxygen atoms in total. The number of aliphatic imine (C=N–C) groups is 1. The van der Waals surface area contributed by atoms with Crippen molar-refractivity contribution in [2.75, 3.05) is 7.11 Å². The highest BCUT2D eigenvalue weighted by molar-refractivity contribution is 6.33. The molecule has 8 heteroatoms. The van der Waals surface area contributed by atoms with Gasteiger partial charge >= 0.3 is 0 Å². The average Bonchev–Trinajstić information content (AvgIpc) is 2.96. The fraction of sp³-hybridized carbons (Fsp3) is 0.0588. The standard InChI is InChI=1S/C17H12ClN3O4/c1-25-15-5-3-2-4-10(15)8-13-17(22)20-16(19-13)11-6-7-12(18)14(9-11)21(23)24/h2-9H,1H3,(H,19,20,22)/b13-8-. The molecular formula is C17H12ClN3O4. The first-order chi connectivity index (χ1) is 12.0. The number of hydrogen-bond acceptors (Lipinski definition) is 5. The lowest BCUT2D eigenvalue weighted by molar-refractivity contribution is -0.384. The van der Waals surface area contributed by atoms with Crippen molar-refractivity contribution in [2.24, 2.45) is 4.99 Å². The number of rotatable bonds is 4. The molecule has 126 valence electrons. The van der Waals surface area contributed by atoms with Crippen LogP contribution in [0.4, 0.5) is 5.69 Å². The van der Waals surface area contributed by atoms with Crippen LogP contribution in [0.1, 0.15) is 11.1 Å². The number of nitro benzene ring substituents is 1. The Balaban J connectivity index is 1.99. The van der Waals surface area contributed by atoms with E-state index in [-0.39, 0.29) is 22.2 Å². The van der Waals surface area contributed by atoms with Crippen molar-refractivity contribution in [3.8, 4) is 5.75 Å². The number of nitrogens with one attached hydrogen (secondary N) is 1. The van der Waals surface area contributed by atoms with Gasteiger partial charge in [0.25, 0.3) is 11.6 Å². The molecule has 3 rings (SSSR count). The van der Waals surface area contributed by atoms with Crippen molar-refractivity contribution in [1.29, 1.82) is 0 Å². The number of methoxy groups -OCH3 is 1. The zero-order valence-electron chi connectivity index (χ0n) is 13.0. The molecule has 0 aromatic heterocycles. The molecule has 0 saturated carbocycles. The first-order valence-corrected chi connectivity index (χ1v) is 7.56. The van der Waals surface area contributed by atoms with Crippen LogP contribution in [0, 0.1) is 10.1 Å². The van der Waals surface area contributed by atoms with Crippen LogP contribution in [0.5, 0.6) is 5.75 Å². The molecule has 0 fully saturated rings. The second-order valence-corrected chi connectivity index (χ2v) is 5.52. The first-order valence-electron chi connectivity index (χ1n) is 7.18. The highest BCUT2D eigenvalue weighted by Gasteiger charge is 2.23. The second-order valence-electron chi connectivity index (χ2n) is 5.11. The lowest BCUT2D eigenvalue weighted by atomic mass is 10.1. The molecule has 0 radical (unpaired) electrons. The summed E-state index contributed by atoms with van der Waals surface area (Å²) in [5, 5.41) is 13.6. The molecule has 1 N–H and O–H groups in total. The lowest BCUT2D eigenvalue weighted by Crippen LogP contribution is -2.24. The summed E-state index contributed by atoms with van der Waals surface area (Å²) >= 11 is 5.80. The van der Waals surface area contributed by atoms with Gasteiger partial charge in [0.05, 0.1) is 12.0 Å². The van der Waals surface area contributed by atoms with Gasteiger partial charge in [0.2, 0.25) is 0 Å². The number of carbonyl (C=O) groups excluding carboxylic acids is 1. The number of ether oxygens (including phenoxy) is 1. The molecule has 0 atom stereocenters. The van der Waals surface area contributed by atoms with Gasteiger partial charge in [0.15, 0.2) is 0 Å². The Morgan fingerprint density at radius 1 is 1.28 bits per heavy atom. The molecule has 1 aliphatic rings. The summed E-state index contributed by atoms with van der Waals surface area (Å²) < 4.78 is 5.24. The minimum absolute atomic E-state index is 0.0171. The van der Waals surface area contributed by atoms with Crippen LogP contribution in [0.25, 0.3) is 6.08 Å². The van der Waals surface area contributed by atoms with E-state index in [1.807, 2.05) is 12.1 Å². The van der Waals surface area contributed by atoms with Crippen LogP contribution < -0.4 is 10.1 Å². The topological polar surface area (TPSA) is 93.8 Å². The number of halogens is 1. The maximum atomic E-state index is 12.2. The van der Waals surface area contributed by atoms with Crippen LogP contribution in [0.2, 0.25) is 5.02 Å². The predicted octanol–water partition coefficient (Wildman–Crippen LogP) is 3.17. The van der Waals surface area contributed by atoms with Crippen molar-refractivity contribution >= 4 is 35.1 Å². The summed E-state index contributed by atoms with van der Waals surface area (Å²) in [7, 11) is 1.54. The SMILES string of the molecule is COc1ccccc1/C=C1\N=C(c2ccc(Cl)c([N+](=O)[O-])c2)NC1=O. The van der Waals surface area contributed by atoms with Gasteiger partial charge in [0, 0.05) is 17.2 Å². The highest BCUT2D eigenvalue weighted by atomic mass is 35.5. The third-order valence-corrected chi connectivity index (χ3v) is 3.86. The van der Waals surface area contributed by atoms with E-state index in [1.165, 1.54) is 19.2 Å². The van der Waals surface area contributed by atoms with Gasteiger partial charge in [-0.05, 0) is 24.3 Å². The van der Waals surface area contributed by atoms with E-state index in [0.717, 1.165) is 0 Å². The van der Waals surface area contributed by atoms with Crippen molar-refractivity contribution in [1.82, 2.24) is 5.32 Å². The number of hydrogen-bond donors (Lipinski definition) is 1. The molecule has 2 aromatic carbocycles. The van der Waals surface area contributed by atoms with Gasteiger partial charge in [-0.3, -0.25) is 14.9 Å². The molecule has 0 spiro atoms. The van der Waals surface area contributed by atoms with E-state index in [4.69, 9.17) is 16.3 Å². The molecule has 0 bridgehead atoms. The number of nitrogens with zero attached hydrogens (tertiary/aromatic N) is 2. The molecule has 0 saturated heterocycles. The summed E-state index contributed by atoms with van der Waals surface area (Å²) in [6, 6.07) is 11.4. The summed E-state index contributed by atoms with van der Waals surface area (Å²) in [5.41, 5.74) is 1.02. The molecular weight excluding hydrogens is 346 g/mol. The lowest BCUT2D eigenvalue weighted by Gasteiger charge is -2.03. The number of amides is 1. The zero-order chi connectivity index (χ0) is 18.0. The molecule has 0 unspecified atom stereocenters. The summed E-state index contributed by atoms with van der Waals surface area (Å²) in [6.07, 6.45) is 1.59. The molecule has 1 amide bonds. The normalized spacial score (nSPS) is 15.0.